The van der Waals surface area contributed by atoms with Crippen molar-refractivity contribution in [2.24, 2.45) is 0 Å². The van der Waals surface area contributed by atoms with Crippen molar-refractivity contribution in [3.8, 4) is 0 Å². The third kappa shape index (κ3) is 5.42. The van der Waals surface area contributed by atoms with Gasteiger partial charge in [-0.2, -0.15) is 0 Å². The SMILES string of the molecule is CC[C@H](Br)C(=O)NCCC(=O)Nc1ccccc1C. The minimum atomic E-state index is -0.188. The Kier molecular flexibility index (Phi) is 6.56. The molecule has 19 heavy (non-hydrogen) atoms. The van der Waals surface area contributed by atoms with Crippen LogP contribution in [0.15, 0.2) is 24.3 Å². The van der Waals surface area contributed by atoms with E-state index < -0.39 is 0 Å². The molecule has 0 aliphatic carbocycles. The van der Waals surface area contributed by atoms with Gasteiger partial charge in [-0.25, -0.2) is 0 Å². The van der Waals surface area contributed by atoms with E-state index >= 15 is 0 Å². The molecule has 0 heterocycles. The Morgan fingerprint density at radius 2 is 2.00 bits per heavy atom. The number of aryl methyl sites for hydroxylation is 1. The van der Waals surface area contributed by atoms with Gasteiger partial charge in [-0.05, 0) is 25.0 Å². The van der Waals surface area contributed by atoms with Gasteiger partial charge in [0.05, 0.1) is 4.83 Å². The van der Waals surface area contributed by atoms with Crippen LogP contribution in [0.4, 0.5) is 5.69 Å². The Morgan fingerprint density at radius 1 is 1.32 bits per heavy atom. The van der Waals surface area contributed by atoms with Gasteiger partial charge in [-0.3, -0.25) is 9.59 Å². The zero-order valence-corrected chi connectivity index (χ0v) is 12.8. The van der Waals surface area contributed by atoms with E-state index in [4.69, 9.17) is 0 Å². The first-order chi connectivity index (χ1) is 9.04. The average Bonchev–Trinajstić information content (AvgIpc) is 2.40. The molecule has 0 radical (unpaired) electrons. The second kappa shape index (κ2) is 7.94. The van der Waals surface area contributed by atoms with Crippen LogP contribution in [0.3, 0.4) is 0 Å². The molecule has 0 spiro atoms. The number of alkyl halides is 1. The van der Waals surface area contributed by atoms with Gasteiger partial charge in [0.25, 0.3) is 0 Å². The molecule has 0 fully saturated rings. The second-order valence-electron chi connectivity index (χ2n) is 4.28. The van der Waals surface area contributed by atoms with Gasteiger partial charge in [0, 0.05) is 18.7 Å². The normalized spacial score (nSPS) is 11.7. The Bertz CT molecular complexity index is 449. The van der Waals surface area contributed by atoms with Crippen LogP contribution in [0.1, 0.15) is 25.3 Å². The van der Waals surface area contributed by atoms with Gasteiger partial charge in [0.2, 0.25) is 11.8 Å². The first-order valence-electron chi connectivity index (χ1n) is 6.31. The van der Waals surface area contributed by atoms with E-state index in [0.29, 0.717) is 6.54 Å². The van der Waals surface area contributed by atoms with Crippen molar-refractivity contribution in [1.29, 1.82) is 0 Å². The zero-order valence-electron chi connectivity index (χ0n) is 11.2. The largest absolute Gasteiger partial charge is 0.355 e. The molecule has 0 unspecified atom stereocenters. The molecule has 2 amide bonds. The maximum Gasteiger partial charge on any atom is 0.233 e. The molecule has 4 nitrogen and oxygen atoms in total. The van der Waals surface area contributed by atoms with Crippen molar-refractivity contribution in [1.82, 2.24) is 5.32 Å². The number of anilines is 1. The number of halogens is 1. The van der Waals surface area contributed by atoms with Crippen LogP contribution in [0, 0.1) is 6.92 Å². The molecule has 0 aromatic heterocycles. The van der Waals surface area contributed by atoms with Crippen LogP contribution in [-0.2, 0) is 9.59 Å². The molecule has 1 atom stereocenters. The van der Waals surface area contributed by atoms with Crippen LogP contribution in [0.5, 0.6) is 0 Å². The standard InChI is InChI=1S/C14H19BrN2O2/c1-3-11(15)14(19)16-9-8-13(18)17-12-7-5-4-6-10(12)2/h4-7,11H,3,8-9H2,1-2H3,(H,16,19)(H,17,18)/t11-/m0/s1. The van der Waals surface area contributed by atoms with Gasteiger partial charge in [0.1, 0.15) is 0 Å². The summed E-state index contributed by atoms with van der Waals surface area (Å²) in [6, 6.07) is 7.60. The third-order valence-electron chi connectivity index (χ3n) is 2.71. The quantitative estimate of drug-likeness (QED) is 0.789. The number of hydrogen-bond acceptors (Lipinski definition) is 2. The lowest BCUT2D eigenvalue weighted by molar-refractivity contribution is -0.120. The lowest BCUT2D eigenvalue weighted by atomic mass is 10.2. The van der Waals surface area contributed by atoms with Crippen molar-refractivity contribution in [3.05, 3.63) is 29.8 Å². The van der Waals surface area contributed by atoms with Crippen molar-refractivity contribution in [2.45, 2.75) is 31.5 Å². The van der Waals surface area contributed by atoms with Crippen molar-refractivity contribution < 1.29 is 9.59 Å². The molecule has 0 bridgehead atoms. The summed E-state index contributed by atoms with van der Waals surface area (Å²) in [7, 11) is 0. The first kappa shape index (κ1) is 15.7. The molecular formula is C14H19BrN2O2. The van der Waals surface area contributed by atoms with Crippen LogP contribution in [-0.4, -0.2) is 23.2 Å². The fourth-order valence-corrected chi connectivity index (χ4v) is 1.68. The minimum absolute atomic E-state index is 0.0776. The van der Waals surface area contributed by atoms with Gasteiger partial charge < -0.3 is 10.6 Å². The Morgan fingerprint density at radius 3 is 2.63 bits per heavy atom. The van der Waals surface area contributed by atoms with Crippen molar-refractivity contribution in [3.63, 3.8) is 0 Å². The molecule has 104 valence electrons. The average molecular weight is 327 g/mol. The van der Waals surface area contributed by atoms with Gasteiger partial charge in [-0.15, -0.1) is 0 Å². The van der Waals surface area contributed by atoms with Crippen LogP contribution in [0.2, 0.25) is 0 Å². The lowest BCUT2D eigenvalue weighted by Crippen LogP contribution is -2.33. The summed E-state index contributed by atoms with van der Waals surface area (Å²) in [5.74, 6) is -0.177. The predicted molar refractivity (Wildman–Crippen MR) is 80.4 cm³/mol. The number of nitrogens with one attached hydrogen (secondary N) is 2. The van der Waals surface area contributed by atoms with Gasteiger partial charge >= 0.3 is 0 Å². The lowest BCUT2D eigenvalue weighted by Gasteiger charge is -2.10. The fourth-order valence-electron chi connectivity index (χ4n) is 1.52. The molecule has 0 aliphatic rings. The van der Waals surface area contributed by atoms with Crippen LogP contribution >= 0.6 is 15.9 Å². The smallest absolute Gasteiger partial charge is 0.233 e. The number of para-hydroxylation sites is 1. The second-order valence-corrected chi connectivity index (χ2v) is 5.39. The highest BCUT2D eigenvalue weighted by Gasteiger charge is 2.12. The summed E-state index contributed by atoms with van der Waals surface area (Å²) in [4.78, 5) is 23.0. The highest BCUT2D eigenvalue weighted by Crippen LogP contribution is 2.13. The maximum atomic E-state index is 11.7. The number of benzene rings is 1. The molecule has 0 aliphatic heterocycles. The fraction of sp³-hybridized carbons (Fsp3) is 0.429. The topological polar surface area (TPSA) is 58.2 Å². The van der Waals surface area contributed by atoms with E-state index in [1.807, 2.05) is 38.1 Å². The van der Waals surface area contributed by atoms with E-state index in [2.05, 4.69) is 26.6 Å². The van der Waals surface area contributed by atoms with E-state index in [9.17, 15) is 9.59 Å². The number of carbonyl (C=O) groups is 2. The molecule has 0 saturated heterocycles. The van der Waals surface area contributed by atoms with E-state index in [0.717, 1.165) is 17.7 Å². The summed E-state index contributed by atoms with van der Waals surface area (Å²) in [6.45, 7) is 4.20. The molecule has 5 heteroatoms. The van der Waals surface area contributed by atoms with E-state index in [-0.39, 0.29) is 23.1 Å². The van der Waals surface area contributed by atoms with Gasteiger partial charge in [-0.1, -0.05) is 41.1 Å². The van der Waals surface area contributed by atoms with E-state index in [1.54, 1.807) is 0 Å². The molecule has 1 aromatic carbocycles. The van der Waals surface area contributed by atoms with Gasteiger partial charge in [0.15, 0.2) is 0 Å². The highest BCUT2D eigenvalue weighted by atomic mass is 79.9. The molecular weight excluding hydrogens is 308 g/mol. The minimum Gasteiger partial charge on any atom is -0.355 e. The highest BCUT2D eigenvalue weighted by molar-refractivity contribution is 9.10. The summed E-state index contributed by atoms with van der Waals surface area (Å²) >= 11 is 3.26. The molecule has 1 aromatic rings. The number of rotatable bonds is 6. The first-order valence-corrected chi connectivity index (χ1v) is 7.23. The molecule has 0 saturated carbocycles. The van der Waals surface area contributed by atoms with E-state index in [1.165, 1.54) is 0 Å². The van der Waals surface area contributed by atoms with Crippen molar-refractivity contribution >= 4 is 33.4 Å². The third-order valence-corrected chi connectivity index (χ3v) is 3.78. The Hall–Kier alpha value is -1.36. The maximum absolute atomic E-state index is 11.7. The number of amides is 2. The zero-order chi connectivity index (χ0) is 14.3. The number of carbonyl (C=O) groups excluding carboxylic acids is 2. The van der Waals surface area contributed by atoms with Crippen LogP contribution < -0.4 is 10.6 Å². The monoisotopic (exact) mass is 326 g/mol. The summed E-state index contributed by atoms with van der Waals surface area (Å²) in [6.07, 6.45) is 0.991. The van der Waals surface area contributed by atoms with Crippen LogP contribution in [0.25, 0.3) is 0 Å². The summed E-state index contributed by atoms with van der Waals surface area (Å²) in [5.41, 5.74) is 1.83. The molecule has 1 rings (SSSR count). The summed E-state index contributed by atoms with van der Waals surface area (Å²) < 4.78 is 0. The summed E-state index contributed by atoms with van der Waals surface area (Å²) in [5, 5.41) is 5.54. The number of hydrogen-bond donors (Lipinski definition) is 2. The van der Waals surface area contributed by atoms with Crippen molar-refractivity contribution in [2.75, 3.05) is 11.9 Å². The Balaban J connectivity index is 2.33. The Labute approximate surface area is 122 Å². The molecule has 2 N–H and O–H groups in total. The predicted octanol–water partition coefficient (Wildman–Crippen LogP) is 2.61.